The normalized spacial score (nSPS) is 25.8. The number of hydrogen-bond acceptors (Lipinski definition) is 3. The molecule has 0 bridgehead atoms. The Morgan fingerprint density at radius 2 is 2.11 bits per heavy atom. The van der Waals surface area contributed by atoms with Gasteiger partial charge in [-0.05, 0) is 25.7 Å². The molecule has 3 nitrogen and oxygen atoms in total. The van der Waals surface area contributed by atoms with E-state index in [2.05, 4.69) is 37.9 Å². The number of hydrogen-bond donors (Lipinski definition) is 1. The number of nitrogens with zero attached hydrogens (tertiary/aromatic N) is 1. The summed E-state index contributed by atoms with van der Waals surface area (Å²) in [6.45, 7) is 14.3. The van der Waals surface area contributed by atoms with Crippen molar-refractivity contribution in [3.05, 3.63) is 0 Å². The summed E-state index contributed by atoms with van der Waals surface area (Å²) in [6, 6.07) is 1.39. The van der Waals surface area contributed by atoms with Gasteiger partial charge in [0.1, 0.15) is 0 Å². The minimum Gasteiger partial charge on any atom is -0.382 e. The molecule has 0 saturated carbocycles. The Hall–Kier alpha value is -0.120. The molecule has 0 aromatic carbocycles. The molecule has 0 aromatic rings. The Balaban J connectivity index is 2.39. The molecule has 1 saturated heterocycles. The molecule has 1 aliphatic heterocycles. The Morgan fingerprint density at radius 1 is 1.33 bits per heavy atom. The highest BCUT2D eigenvalue weighted by Gasteiger charge is 2.28. The summed E-state index contributed by atoms with van der Waals surface area (Å²) in [5.74, 6) is 0.724. The van der Waals surface area contributed by atoms with Gasteiger partial charge in [0.15, 0.2) is 0 Å². The van der Waals surface area contributed by atoms with Gasteiger partial charge in [0.2, 0.25) is 0 Å². The number of rotatable bonds is 8. The molecule has 108 valence electrons. The second kappa shape index (κ2) is 8.89. The van der Waals surface area contributed by atoms with Crippen LogP contribution in [-0.4, -0.2) is 49.8 Å². The van der Waals surface area contributed by atoms with E-state index in [4.69, 9.17) is 4.74 Å². The van der Waals surface area contributed by atoms with Gasteiger partial charge in [0.25, 0.3) is 0 Å². The van der Waals surface area contributed by atoms with E-state index in [1.807, 2.05) is 0 Å². The maximum absolute atomic E-state index is 5.45. The van der Waals surface area contributed by atoms with Gasteiger partial charge in [0.05, 0.1) is 0 Å². The number of nitrogens with one attached hydrogen (secondary N) is 1. The maximum atomic E-state index is 5.45. The summed E-state index contributed by atoms with van der Waals surface area (Å²) >= 11 is 0. The molecule has 1 aliphatic rings. The Morgan fingerprint density at radius 3 is 2.72 bits per heavy atom. The number of ether oxygens (including phenoxy) is 1. The molecule has 0 amide bonds. The van der Waals surface area contributed by atoms with E-state index in [0.29, 0.717) is 6.04 Å². The standard InChI is InChI=1S/C15H32N2O/c1-5-8-14-11-16-15(13(3)4)12-17(14)9-7-10-18-6-2/h13-16H,5-12H2,1-4H3. The third-order valence-electron chi connectivity index (χ3n) is 3.93. The van der Waals surface area contributed by atoms with Crippen molar-refractivity contribution >= 4 is 0 Å². The van der Waals surface area contributed by atoms with Crippen molar-refractivity contribution in [1.82, 2.24) is 10.2 Å². The average Bonchev–Trinajstić information content (AvgIpc) is 2.36. The van der Waals surface area contributed by atoms with Gasteiger partial charge in [0, 0.05) is 44.9 Å². The summed E-state index contributed by atoms with van der Waals surface area (Å²) in [5.41, 5.74) is 0. The molecule has 2 atom stereocenters. The minimum atomic E-state index is 0.658. The first kappa shape index (κ1) is 15.9. The Bertz CT molecular complexity index is 209. The largest absolute Gasteiger partial charge is 0.382 e. The lowest BCUT2D eigenvalue weighted by molar-refractivity contribution is 0.0843. The fraction of sp³-hybridized carbons (Fsp3) is 1.00. The fourth-order valence-corrected chi connectivity index (χ4v) is 2.74. The first-order valence-corrected chi connectivity index (χ1v) is 7.74. The Kier molecular flexibility index (Phi) is 7.87. The van der Waals surface area contributed by atoms with Gasteiger partial charge < -0.3 is 10.1 Å². The SMILES string of the molecule is CCCC1CNC(C(C)C)CN1CCCOCC. The van der Waals surface area contributed by atoms with Crippen LogP contribution in [-0.2, 0) is 4.74 Å². The molecule has 2 unspecified atom stereocenters. The molecule has 0 aliphatic carbocycles. The molecule has 3 heteroatoms. The topological polar surface area (TPSA) is 24.5 Å². The molecule has 1 fully saturated rings. The summed E-state index contributed by atoms with van der Waals surface area (Å²) in [4.78, 5) is 2.68. The van der Waals surface area contributed by atoms with E-state index >= 15 is 0 Å². The second-order valence-corrected chi connectivity index (χ2v) is 5.75. The van der Waals surface area contributed by atoms with Gasteiger partial charge in [-0.25, -0.2) is 0 Å². The monoisotopic (exact) mass is 256 g/mol. The lowest BCUT2D eigenvalue weighted by Crippen LogP contribution is -2.58. The van der Waals surface area contributed by atoms with Crippen molar-refractivity contribution in [1.29, 1.82) is 0 Å². The van der Waals surface area contributed by atoms with Crippen molar-refractivity contribution in [2.24, 2.45) is 5.92 Å². The van der Waals surface area contributed by atoms with Gasteiger partial charge in [-0.1, -0.05) is 27.2 Å². The smallest absolute Gasteiger partial charge is 0.0478 e. The predicted molar refractivity (Wildman–Crippen MR) is 78.0 cm³/mol. The third kappa shape index (κ3) is 5.25. The lowest BCUT2D eigenvalue weighted by Gasteiger charge is -2.42. The van der Waals surface area contributed by atoms with Crippen LogP contribution in [0.1, 0.15) is 47.0 Å². The maximum Gasteiger partial charge on any atom is 0.0478 e. The summed E-state index contributed by atoms with van der Waals surface area (Å²) in [5, 5.41) is 3.71. The second-order valence-electron chi connectivity index (χ2n) is 5.75. The van der Waals surface area contributed by atoms with Crippen LogP contribution in [0, 0.1) is 5.92 Å². The average molecular weight is 256 g/mol. The van der Waals surface area contributed by atoms with Crippen LogP contribution in [0.5, 0.6) is 0 Å². The summed E-state index contributed by atoms with van der Waals surface area (Å²) in [6.07, 6.45) is 3.76. The third-order valence-corrected chi connectivity index (χ3v) is 3.93. The van der Waals surface area contributed by atoms with Gasteiger partial charge >= 0.3 is 0 Å². The van der Waals surface area contributed by atoms with Crippen molar-refractivity contribution in [2.45, 2.75) is 59.0 Å². The summed E-state index contributed by atoms with van der Waals surface area (Å²) in [7, 11) is 0. The lowest BCUT2D eigenvalue weighted by atomic mass is 9.97. The van der Waals surface area contributed by atoms with Gasteiger partial charge in [-0.3, -0.25) is 4.90 Å². The van der Waals surface area contributed by atoms with Crippen LogP contribution in [0.4, 0.5) is 0 Å². The highest BCUT2D eigenvalue weighted by atomic mass is 16.5. The van der Waals surface area contributed by atoms with E-state index in [-0.39, 0.29) is 0 Å². The fourth-order valence-electron chi connectivity index (χ4n) is 2.74. The molecule has 0 radical (unpaired) electrons. The molecular formula is C15H32N2O. The molecular weight excluding hydrogens is 224 g/mol. The van der Waals surface area contributed by atoms with Crippen molar-refractivity contribution in [3.63, 3.8) is 0 Å². The zero-order chi connectivity index (χ0) is 13.4. The van der Waals surface area contributed by atoms with Crippen LogP contribution in [0.3, 0.4) is 0 Å². The molecule has 1 rings (SSSR count). The van der Waals surface area contributed by atoms with E-state index in [0.717, 1.165) is 31.7 Å². The number of piperazine rings is 1. The van der Waals surface area contributed by atoms with E-state index in [1.165, 1.54) is 32.4 Å². The molecule has 0 aromatic heterocycles. The van der Waals surface area contributed by atoms with Crippen molar-refractivity contribution in [2.75, 3.05) is 32.8 Å². The highest BCUT2D eigenvalue weighted by Crippen LogP contribution is 2.16. The van der Waals surface area contributed by atoms with E-state index in [9.17, 15) is 0 Å². The van der Waals surface area contributed by atoms with Crippen LogP contribution < -0.4 is 5.32 Å². The van der Waals surface area contributed by atoms with Crippen LogP contribution in [0.2, 0.25) is 0 Å². The molecule has 1 heterocycles. The van der Waals surface area contributed by atoms with Crippen LogP contribution in [0.25, 0.3) is 0 Å². The first-order chi connectivity index (χ1) is 8.69. The summed E-state index contributed by atoms with van der Waals surface area (Å²) < 4.78 is 5.45. The molecule has 0 spiro atoms. The zero-order valence-corrected chi connectivity index (χ0v) is 12.7. The van der Waals surface area contributed by atoms with Crippen LogP contribution in [0.15, 0.2) is 0 Å². The first-order valence-electron chi connectivity index (χ1n) is 7.74. The van der Waals surface area contributed by atoms with E-state index < -0.39 is 0 Å². The van der Waals surface area contributed by atoms with Crippen molar-refractivity contribution in [3.8, 4) is 0 Å². The Labute approximate surface area is 113 Å². The molecule has 1 N–H and O–H groups in total. The van der Waals surface area contributed by atoms with Gasteiger partial charge in [-0.15, -0.1) is 0 Å². The molecule has 18 heavy (non-hydrogen) atoms. The van der Waals surface area contributed by atoms with Crippen LogP contribution >= 0.6 is 0 Å². The minimum absolute atomic E-state index is 0.658. The highest BCUT2D eigenvalue weighted by molar-refractivity contribution is 4.87. The predicted octanol–water partition coefficient (Wildman–Crippen LogP) is 2.51. The van der Waals surface area contributed by atoms with Crippen molar-refractivity contribution < 1.29 is 4.74 Å². The quantitative estimate of drug-likeness (QED) is 0.675. The van der Waals surface area contributed by atoms with E-state index in [1.54, 1.807) is 0 Å². The van der Waals surface area contributed by atoms with Gasteiger partial charge in [-0.2, -0.15) is 0 Å². The zero-order valence-electron chi connectivity index (χ0n) is 12.7.